The molecule has 0 N–H and O–H groups in total. The molecule has 5 heteroatoms. The molecule has 0 spiro atoms. The van der Waals surface area contributed by atoms with E-state index in [1.807, 2.05) is 49.9 Å². The van der Waals surface area contributed by atoms with E-state index in [-0.39, 0.29) is 5.91 Å². The Morgan fingerprint density at radius 1 is 1.12 bits per heavy atom. The maximum atomic E-state index is 12.8. The summed E-state index contributed by atoms with van der Waals surface area (Å²) >= 11 is 0. The normalized spacial score (nSPS) is 16.2. The number of carbonyl (C=O) groups excluding carboxylic acids is 1. The molecule has 1 aliphatic heterocycles. The van der Waals surface area contributed by atoms with Crippen molar-refractivity contribution >= 4 is 5.91 Å². The van der Waals surface area contributed by atoms with E-state index in [1.165, 1.54) is 5.56 Å². The van der Waals surface area contributed by atoms with Gasteiger partial charge in [0, 0.05) is 43.9 Å². The Balaban J connectivity index is 1.65. The third-order valence-electron chi connectivity index (χ3n) is 4.81. The molecule has 128 valence electrons. The van der Waals surface area contributed by atoms with Crippen molar-refractivity contribution in [2.45, 2.75) is 33.7 Å². The van der Waals surface area contributed by atoms with E-state index in [9.17, 15) is 4.79 Å². The van der Waals surface area contributed by atoms with Gasteiger partial charge in [0.15, 0.2) is 0 Å². The van der Waals surface area contributed by atoms with Gasteiger partial charge in [0.05, 0.1) is 5.69 Å². The van der Waals surface area contributed by atoms with Gasteiger partial charge in [0.2, 0.25) is 0 Å². The summed E-state index contributed by atoms with van der Waals surface area (Å²) in [5, 5.41) is 4.03. The summed E-state index contributed by atoms with van der Waals surface area (Å²) in [4.78, 5) is 17.2. The topological polar surface area (TPSA) is 49.6 Å². The number of amides is 1. The summed E-state index contributed by atoms with van der Waals surface area (Å²) in [6.45, 7) is 10.2. The van der Waals surface area contributed by atoms with Crippen molar-refractivity contribution in [1.82, 2.24) is 15.0 Å². The minimum Gasteiger partial charge on any atom is -0.361 e. The molecule has 24 heavy (non-hydrogen) atoms. The number of rotatable bonds is 3. The van der Waals surface area contributed by atoms with Gasteiger partial charge in [-0.2, -0.15) is 0 Å². The van der Waals surface area contributed by atoms with Crippen molar-refractivity contribution < 1.29 is 9.32 Å². The Labute approximate surface area is 143 Å². The molecular weight excluding hydrogens is 302 g/mol. The molecule has 0 atom stereocenters. The smallest absolute Gasteiger partial charge is 0.254 e. The van der Waals surface area contributed by atoms with Crippen LogP contribution >= 0.6 is 0 Å². The molecule has 1 aromatic carbocycles. The number of benzene rings is 1. The van der Waals surface area contributed by atoms with Crippen molar-refractivity contribution in [2.24, 2.45) is 0 Å². The molecule has 2 heterocycles. The number of hydrogen-bond acceptors (Lipinski definition) is 4. The highest BCUT2D eigenvalue weighted by Gasteiger charge is 2.22. The highest BCUT2D eigenvalue weighted by Crippen LogP contribution is 2.17. The number of aryl methyl sites for hydroxylation is 3. The molecule has 1 amide bonds. The van der Waals surface area contributed by atoms with Crippen LogP contribution < -0.4 is 0 Å². The largest absolute Gasteiger partial charge is 0.361 e. The van der Waals surface area contributed by atoms with Gasteiger partial charge >= 0.3 is 0 Å². The predicted molar refractivity (Wildman–Crippen MR) is 93.0 cm³/mol. The Hall–Kier alpha value is -2.14. The zero-order chi connectivity index (χ0) is 17.1. The molecule has 1 fully saturated rings. The van der Waals surface area contributed by atoms with Crippen LogP contribution in [0.5, 0.6) is 0 Å². The molecule has 1 aliphatic rings. The first kappa shape index (κ1) is 16.7. The third-order valence-corrected chi connectivity index (χ3v) is 4.81. The lowest BCUT2D eigenvalue weighted by atomic mass is 10.1. The summed E-state index contributed by atoms with van der Waals surface area (Å²) < 4.78 is 5.26. The molecule has 1 saturated heterocycles. The van der Waals surface area contributed by atoms with Crippen LogP contribution in [-0.4, -0.2) is 47.0 Å². The molecule has 0 bridgehead atoms. The quantitative estimate of drug-likeness (QED) is 0.870. The fourth-order valence-electron chi connectivity index (χ4n) is 3.27. The molecule has 1 aromatic heterocycles. The summed E-state index contributed by atoms with van der Waals surface area (Å²) in [5.74, 6) is 1.04. The van der Waals surface area contributed by atoms with Gasteiger partial charge < -0.3 is 9.42 Å². The third kappa shape index (κ3) is 3.51. The first-order valence-electron chi connectivity index (χ1n) is 8.55. The van der Waals surface area contributed by atoms with Crippen LogP contribution in [0.4, 0.5) is 0 Å². The van der Waals surface area contributed by atoms with E-state index in [2.05, 4.69) is 10.1 Å². The average molecular weight is 327 g/mol. The fourth-order valence-corrected chi connectivity index (χ4v) is 3.27. The number of carbonyl (C=O) groups is 1. The minimum absolute atomic E-state index is 0.146. The van der Waals surface area contributed by atoms with Gasteiger partial charge in [-0.05, 0) is 38.8 Å². The molecule has 0 unspecified atom stereocenters. The molecule has 3 rings (SSSR count). The van der Waals surface area contributed by atoms with Crippen LogP contribution in [0.25, 0.3) is 0 Å². The minimum atomic E-state index is 0.146. The van der Waals surface area contributed by atoms with Crippen molar-refractivity contribution in [3.8, 4) is 0 Å². The second-order valence-corrected chi connectivity index (χ2v) is 6.54. The molecule has 5 nitrogen and oxygen atoms in total. The van der Waals surface area contributed by atoms with Crippen molar-refractivity contribution in [1.29, 1.82) is 0 Å². The molecule has 0 aliphatic carbocycles. The van der Waals surface area contributed by atoms with Gasteiger partial charge in [0.1, 0.15) is 5.76 Å². The van der Waals surface area contributed by atoms with E-state index in [1.54, 1.807) is 0 Å². The Kier molecular flexibility index (Phi) is 5.00. The van der Waals surface area contributed by atoms with Gasteiger partial charge in [-0.25, -0.2) is 0 Å². The van der Waals surface area contributed by atoms with Crippen LogP contribution in [-0.2, 0) is 6.54 Å². The summed E-state index contributed by atoms with van der Waals surface area (Å²) in [6.07, 6.45) is 0.987. The summed E-state index contributed by atoms with van der Waals surface area (Å²) in [6, 6.07) is 7.82. The van der Waals surface area contributed by atoms with Crippen LogP contribution in [0.1, 0.15) is 39.4 Å². The molecule has 2 aromatic rings. The zero-order valence-electron chi connectivity index (χ0n) is 14.7. The predicted octanol–water partition coefficient (Wildman–Crippen LogP) is 2.95. The highest BCUT2D eigenvalue weighted by molar-refractivity contribution is 5.95. The van der Waals surface area contributed by atoms with Crippen molar-refractivity contribution in [3.63, 3.8) is 0 Å². The number of hydrogen-bond donors (Lipinski definition) is 0. The Morgan fingerprint density at radius 2 is 1.92 bits per heavy atom. The van der Waals surface area contributed by atoms with Gasteiger partial charge in [-0.3, -0.25) is 9.69 Å². The van der Waals surface area contributed by atoms with Crippen LogP contribution in [0.15, 0.2) is 28.8 Å². The Bertz CT molecular complexity index is 704. The summed E-state index contributed by atoms with van der Waals surface area (Å²) in [5.41, 5.74) is 3.99. The lowest BCUT2D eigenvalue weighted by Crippen LogP contribution is -2.35. The average Bonchev–Trinajstić information content (AvgIpc) is 2.78. The van der Waals surface area contributed by atoms with E-state index >= 15 is 0 Å². The van der Waals surface area contributed by atoms with Crippen LogP contribution in [0.3, 0.4) is 0 Å². The monoisotopic (exact) mass is 327 g/mol. The van der Waals surface area contributed by atoms with E-state index in [0.29, 0.717) is 0 Å². The van der Waals surface area contributed by atoms with Gasteiger partial charge in [-0.1, -0.05) is 23.4 Å². The molecule has 0 saturated carbocycles. The van der Waals surface area contributed by atoms with Crippen molar-refractivity contribution in [2.75, 3.05) is 26.2 Å². The lowest BCUT2D eigenvalue weighted by Gasteiger charge is -2.22. The number of aromatic nitrogens is 1. The lowest BCUT2D eigenvalue weighted by molar-refractivity contribution is 0.0760. The van der Waals surface area contributed by atoms with Crippen molar-refractivity contribution in [3.05, 3.63) is 52.4 Å². The van der Waals surface area contributed by atoms with E-state index < -0.39 is 0 Å². The van der Waals surface area contributed by atoms with E-state index in [4.69, 9.17) is 4.52 Å². The molecular formula is C19H25N3O2. The second kappa shape index (κ2) is 7.18. The first-order valence-corrected chi connectivity index (χ1v) is 8.55. The Morgan fingerprint density at radius 3 is 2.62 bits per heavy atom. The maximum Gasteiger partial charge on any atom is 0.254 e. The van der Waals surface area contributed by atoms with Crippen LogP contribution in [0.2, 0.25) is 0 Å². The standard InChI is InChI=1S/C19H25N3O2/c1-14-7-4-5-8-17(14)19(23)22-10-6-9-21(11-12-22)13-18-15(2)20-24-16(18)3/h4-5,7-8H,6,9-13H2,1-3H3. The molecule has 0 radical (unpaired) electrons. The fraction of sp³-hybridized carbons (Fsp3) is 0.474. The number of nitrogens with zero attached hydrogens (tertiary/aromatic N) is 3. The highest BCUT2D eigenvalue weighted by atomic mass is 16.5. The zero-order valence-corrected chi connectivity index (χ0v) is 14.7. The maximum absolute atomic E-state index is 12.8. The first-order chi connectivity index (χ1) is 11.6. The van der Waals surface area contributed by atoms with Gasteiger partial charge in [-0.15, -0.1) is 0 Å². The van der Waals surface area contributed by atoms with Crippen LogP contribution in [0, 0.1) is 20.8 Å². The van der Waals surface area contributed by atoms with Gasteiger partial charge in [0.25, 0.3) is 5.91 Å². The van der Waals surface area contributed by atoms with E-state index in [0.717, 1.165) is 61.7 Å². The SMILES string of the molecule is Cc1ccccc1C(=O)N1CCCN(Cc2c(C)noc2C)CC1. The summed E-state index contributed by atoms with van der Waals surface area (Å²) in [7, 11) is 0. The second-order valence-electron chi connectivity index (χ2n) is 6.54.